The van der Waals surface area contributed by atoms with E-state index in [4.69, 9.17) is 10.8 Å². The monoisotopic (exact) mass is 269 g/mol. The number of rotatable bonds is 6. The summed E-state index contributed by atoms with van der Waals surface area (Å²) in [5, 5.41) is 12.2. The van der Waals surface area contributed by atoms with Crippen LogP contribution in [0, 0.1) is 11.8 Å². The Labute approximate surface area is 113 Å². The number of carboxylic acids is 1. The lowest BCUT2D eigenvalue weighted by molar-refractivity contribution is -0.137. The Morgan fingerprint density at radius 3 is 2.58 bits per heavy atom. The molecule has 2 unspecified atom stereocenters. The van der Waals surface area contributed by atoms with Crippen LogP contribution >= 0.6 is 0 Å². The van der Waals surface area contributed by atoms with E-state index >= 15 is 0 Å². The molecule has 0 radical (unpaired) electrons. The quantitative estimate of drug-likeness (QED) is 0.658. The average molecular weight is 269 g/mol. The summed E-state index contributed by atoms with van der Waals surface area (Å²) in [6, 6.07) is -0.154. The van der Waals surface area contributed by atoms with Crippen LogP contribution in [0.25, 0.3) is 0 Å². The summed E-state index contributed by atoms with van der Waals surface area (Å²) >= 11 is 0. The Kier molecular flexibility index (Phi) is 4.63. The number of aliphatic carboxylic acids is 1. The van der Waals surface area contributed by atoms with Gasteiger partial charge in [-0.05, 0) is 44.1 Å². The second-order valence-electron chi connectivity index (χ2n) is 5.83. The summed E-state index contributed by atoms with van der Waals surface area (Å²) in [5.41, 5.74) is 5.36. The number of urea groups is 1. The maximum Gasteiger partial charge on any atom is 0.314 e. The van der Waals surface area contributed by atoms with E-state index in [0.29, 0.717) is 19.5 Å². The smallest absolute Gasteiger partial charge is 0.314 e. The minimum absolute atomic E-state index is 0.159. The van der Waals surface area contributed by atoms with Crippen molar-refractivity contribution in [2.24, 2.45) is 17.6 Å². The number of nitrogens with zero attached hydrogens (tertiary/aromatic N) is 1. The highest BCUT2D eigenvalue weighted by atomic mass is 16.4. The number of hydrogen-bond acceptors (Lipinski definition) is 3. The lowest BCUT2D eigenvalue weighted by Gasteiger charge is -2.37. The summed E-state index contributed by atoms with van der Waals surface area (Å²) in [4.78, 5) is 23.6. The molecule has 1 heterocycles. The van der Waals surface area contributed by atoms with Crippen LogP contribution in [-0.2, 0) is 4.79 Å². The number of carbonyl (C=O) groups is 2. The van der Waals surface area contributed by atoms with E-state index in [1.54, 1.807) is 4.90 Å². The fourth-order valence-corrected chi connectivity index (χ4v) is 2.72. The van der Waals surface area contributed by atoms with Crippen molar-refractivity contribution in [3.8, 4) is 0 Å². The average Bonchev–Trinajstić information content (AvgIpc) is 3.17. The zero-order chi connectivity index (χ0) is 13.8. The Bertz CT molecular complexity index is 344. The summed E-state index contributed by atoms with van der Waals surface area (Å²) in [6.45, 7) is 2.23. The topological polar surface area (TPSA) is 95.7 Å². The number of piperidine rings is 1. The zero-order valence-electron chi connectivity index (χ0n) is 11.2. The van der Waals surface area contributed by atoms with Gasteiger partial charge in [0.2, 0.25) is 0 Å². The Morgan fingerprint density at radius 2 is 2.00 bits per heavy atom. The van der Waals surface area contributed by atoms with E-state index in [0.717, 1.165) is 18.9 Å². The van der Waals surface area contributed by atoms with Gasteiger partial charge in [0.25, 0.3) is 0 Å². The van der Waals surface area contributed by atoms with Gasteiger partial charge >= 0.3 is 12.0 Å². The fraction of sp³-hybridized carbons (Fsp3) is 0.846. The highest BCUT2D eigenvalue weighted by Crippen LogP contribution is 2.28. The number of carbonyl (C=O) groups excluding carboxylic acids is 1. The maximum atomic E-state index is 11.3. The largest absolute Gasteiger partial charge is 0.481 e. The van der Waals surface area contributed by atoms with Gasteiger partial charge in [0.15, 0.2) is 0 Å². The molecule has 1 aliphatic carbocycles. The predicted octanol–water partition coefficient (Wildman–Crippen LogP) is 0.620. The van der Waals surface area contributed by atoms with Crippen LogP contribution in [0.1, 0.15) is 32.1 Å². The summed E-state index contributed by atoms with van der Waals surface area (Å²) in [7, 11) is 0. The van der Waals surface area contributed by atoms with Crippen LogP contribution in [0.15, 0.2) is 0 Å². The van der Waals surface area contributed by atoms with E-state index < -0.39 is 12.0 Å². The summed E-state index contributed by atoms with van der Waals surface area (Å²) < 4.78 is 0. The highest BCUT2D eigenvalue weighted by Gasteiger charge is 2.30. The number of nitrogens with two attached hydrogens (primary N) is 1. The van der Waals surface area contributed by atoms with Crippen LogP contribution in [0.3, 0.4) is 0 Å². The summed E-state index contributed by atoms with van der Waals surface area (Å²) in [5.74, 6) is 0.245. The number of hydrogen-bond donors (Lipinski definition) is 3. The zero-order valence-corrected chi connectivity index (χ0v) is 11.2. The van der Waals surface area contributed by atoms with Gasteiger partial charge in [0.05, 0.1) is 0 Å². The first-order valence-corrected chi connectivity index (χ1v) is 7.04. The molecule has 0 bridgehead atoms. The first-order chi connectivity index (χ1) is 9.04. The molecule has 2 rings (SSSR count). The molecule has 6 heteroatoms. The number of likely N-dealkylation sites (tertiary alicyclic amines) is 1. The molecule has 6 nitrogen and oxygen atoms in total. The third kappa shape index (κ3) is 4.70. The van der Waals surface area contributed by atoms with Crippen molar-refractivity contribution in [1.82, 2.24) is 10.2 Å². The molecule has 4 N–H and O–H groups in total. The molecule has 2 fully saturated rings. The van der Waals surface area contributed by atoms with E-state index in [1.807, 2.05) is 0 Å². The Morgan fingerprint density at radius 1 is 1.26 bits per heavy atom. The molecular weight excluding hydrogens is 246 g/mol. The van der Waals surface area contributed by atoms with Gasteiger partial charge in [-0.2, -0.15) is 0 Å². The van der Waals surface area contributed by atoms with Crippen molar-refractivity contribution >= 4 is 12.0 Å². The van der Waals surface area contributed by atoms with Crippen LogP contribution < -0.4 is 11.1 Å². The first kappa shape index (κ1) is 14.1. The van der Waals surface area contributed by atoms with Crippen molar-refractivity contribution in [1.29, 1.82) is 0 Å². The van der Waals surface area contributed by atoms with Gasteiger partial charge < -0.3 is 21.1 Å². The van der Waals surface area contributed by atoms with Crippen molar-refractivity contribution in [3.05, 3.63) is 0 Å². The molecule has 2 amide bonds. The molecular formula is C13H23N3O3. The molecule has 1 saturated heterocycles. The van der Waals surface area contributed by atoms with Crippen molar-refractivity contribution < 1.29 is 14.7 Å². The number of amides is 2. The molecule has 0 aromatic carbocycles. The van der Waals surface area contributed by atoms with E-state index in [1.165, 1.54) is 12.8 Å². The second kappa shape index (κ2) is 6.23. The minimum atomic E-state index is -0.779. The van der Waals surface area contributed by atoms with E-state index in [9.17, 15) is 9.59 Å². The fourth-order valence-electron chi connectivity index (χ4n) is 2.72. The van der Waals surface area contributed by atoms with Crippen molar-refractivity contribution in [2.75, 3.05) is 19.6 Å². The van der Waals surface area contributed by atoms with Crippen LogP contribution in [0.2, 0.25) is 0 Å². The SMILES string of the molecule is NC(=O)N1CC(CCC(=O)O)CC(NCC2CC2)C1. The molecule has 0 aromatic rings. The van der Waals surface area contributed by atoms with Crippen LogP contribution in [0.5, 0.6) is 0 Å². The van der Waals surface area contributed by atoms with Crippen molar-refractivity contribution in [3.63, 3.8) is 0 Å². The van der Waals surface area contributed by atoms with Crippen LogP contribution in [0.4, 0.5) is 4.79 Å². The molecule has 2 atom stereocenters. The predicted molar refractivity (Wildman–Crippen MR) is 70.6 cm³/mol. The minimum Gasteiger partial charge on any atom is -0.481 e. The number of primary amides is 1. The van der Waals surface area contributed by atoms with Gasteiger partial charge in [0.1, 0.15) is 0 Å². The van der Waals surface area contributed by atoms with Gasteiger partial charge in [-0.15, -0.1) is 0 Å². The lowest BCUT2D eigenvalue weighted by atomic mass is 9.90. The molecule has 2 aliphatic rings. The van der Waals surface area contributed by atoms with E-state index in [-0.39, 0.29) is 18.4 Å². The second-order valence-corrected chi connectivity index (χ2v) is 5.83. The molecule has 0 spiro atoms. The number of nitrogens with one attached hydrogen (secondary N) is 1. The lowest BCUT2D eigenvalue weighted by Crippen LogP contribution is -2.53. The van der Waals surface area contributed by atoms with Gasteiger partial charge in [-0.25, -0.2) is 4.79 Å². The molecule has 1 saturated carbocycles. The first-order valence-electron chi connectivity index (χ1n) is 7.04. The van der Waals surface area contributed by atoms with Gasteiger partial charge in [-0.1, -0.05) is 0 Å². The highest BCUT2D eigenvalue weighted by molar-refractivity contribution is 5.72. The summed E-state index contributed by atoms with van der Waals surface area (Å²) in [6.07, 6.45) is 4.29. The molecule has 1 aliphatic heterocycles. The Balaban J connectivity index is 1.83. The van der Waals surface area contributed by atoms with Gasteiger partial charge in [-0.3, -0.25) is 4.79 Å². The molecule has 108 valence electrons. The van der Waals surface area contributed by atoms with Gasteiger partial charge in [0, 0.05) is 25.6 Å². The number of carboxylic acid groups (broad SMARTS) is 1. The maximum absolute atomic E-state index is 11.3. The molecule has 19 heavy (non-hydrogen) atoms. The normalized spacial score (nSPS) is 27.3. The van der Waals surface area contributed by atoms with Crippen molar-refractivity contribution in [2.45, 2.75) is 38.1 Å². The third-order valence-electron chi connectivity index (χ3n) is 4.01. The van der Waals surface area contributed by atoms with E-state index in [2.05, 4.69) is 5.32 Å². The molecule has 0 aromatic heterocycles. The van der Waals surface area contributed by atoms with Crippen LogP contribution in [-0.4, -0.2) is 47.7 Å². The standard InChI is InChI=1S/C13H23N3O3/c14-13(19)16-7-10(3-4-12(17)18)5-11(8-16)15-6-9-1-2-9/h9-11,15H,1-8H2,(H2,14,19)(H,17,18). The Hall–Kier alpha value is -1.30. The third-order valence-corrected chi connectivity index (χ3v) is 4.01.